The first-order valence-electron chi connectivity index (χ1n) is 7.95. The highest BCUT2D eigenvalue weighted by Crippen LogP contribution is 2.31. The quantitative estimate of drug-likeness (QED) is 0.581. The molecule has 3 nitrogen and oxygen atoms in total. The molecule has 0 heterocycles. The Morgan fingerprint density at radius 2 is 1.52 bits per heavy atom. The normalized spacial score (nSPS) is 10.3. The highest BCUT2D eigenvalue weighted by atomic mass is 32.2. The van der Waals surface area contributed by atoms with Gasteiger partial charge in [0.05, 0.1) is 12.8 Å². The lowest BCUT2D eigenvalue weighted by molar-refractivity contribution is 0.101. The van der Waals surface area contributed by atoms with Gasteiger partial charge in [0.15, 0.2) is 0 Å². The molecule has 0 spiro atoms. The van der Waals surface area contributed by atoms with Crippen LogP contribution in [-0.2, 0) is 0 Å². The largest absolute Gasteiger partial charge is 0.497 e. The summed E-state index contributed by atoms with van der Waals surface area (Å²) in [4.78, 5) is 14.1. The van der Waals surface area contributed by atoms with Crippen molar-refractivity contribution in [1.29, 1.82) is 0 Å². The van der Waals surface area contributed by atoms with Gasteiger partial charge in [-0.25, -0.2) is 4.31 Å². The third-order valence-corrected chi connectivity index (χ3v) is 4.77. The molecule has 3 rings (SSSR count). The molecule has 0 radical (unpaired) electrons. The van der Waals surface area contributed by atoms with Crippen molar-refractivity contribution in [2.45, 2.75) is 11.8 Å². The van der Waals surface area contributed by atoms with Crippen LogP contribution in [0.3, 0.4) is 0 Å². The molecule has 3 aromatic rings. The average molecular weight is 349 g/mol. The van der Waals surface area contributed by atoms with Gasteiger partial charge in [0.2, 0.25) is 0 Å². The summed E-state index contributed by atoms with van der Waals surface area (Å²) >= 11 is 1.42. The molecule has 0 saturated heterocycles. The van der Waals surface area contributed by atoms with E-state index in [4.69, 9.17) is 4.74 Å². The highest BCUT2D eigenvalue weighted by molar-refractivity contribution is 8.01. The summed E-state index contributed by atoms with van der Waals surface area (Å²) in [5.74, 6) is 0.661. The van der Waals surface area contributed by atoms with E-state index in [0.29, 0.717) is 5.56 Å². The van der Waals surface area contributed by atoms with E-state index in [9.17, 15) is 4.79 Å². The first kappa shape index (κ1) is 17.1. The number of anilines is 1. The third-order valence-electron chi connectivity index (χ3n) is 3.73. The van der Waals surface area contributed by atoms with Crippen molar-refractivity contribution in [3.63, 3.8) is 0 Å². The fourth-order valence-corrected chi connectivity index (χ4v) is 3.21. The predicted molar refractivity (Wildman–Crippen MR) is 103 cm³/mol. The lowest BCUT2D eigenvalue weighted by atomic mass is 10.2. The molecule has 0 unspecified atom stereocenters. The van der Waals surface area contributed by atoms with E-state index in [1.165, 1.54) is 17.5 Å². The molecule has 0 saturated carbocycles. The fraction of sp³-hybridized carbons (Fsp3) is 0.0952. The summed E-state index contributed by atoms with van der Waals surface area (Å²) in [6.45, 7) is 2.05. The van der Waals surface area contributed by atoms with Crippen molar-refractivity contribution in [2.75, 3.05) is 11.4 Å². The smallest absolute Gasteiger partial charge is 0.268 e. The number of rotatable bonds is 5. The lowest BCUT2D eigenvalue weighted by Gasteiger charge is -2.21. The molecule has 126 valence electrons. The van der Waals surface area contributed by atoms with Gasteiger partial charge in [0, 0.05) is 10.5 Å². The van der Waals surface area contributed by atoms with Crippen molar-refractivity contribution in [2.24, 2.45) is 0 Å². The van der Waals surface area contributed by atoms with E-state index in [2.05, 4.69) is 0 Å². The average Bonchev–Trinajstić information content (AvgIpc) is 2.68. The molecule has 0 fully saturated rings. The number of ether oxygens (including phenoxy) is 1. The van der Waals surface area contributed by atoms with Gasteiger partial charge in [-0.2, -0.15) is 0 Å². The Kier molecular flexibility index (Phi) is 5.41. The number of carbonyl (C=O) groups excluding carboxylic acids is 1. The summed E-state index contributed by atoms with van der Waals surface area (Å²) in [6, 6.07) is 25.0. The summed E-state index contributed by atoms with van der Waals surface area (Å²) < 4.78 is 6.89. The van der Waals surface area contributed by atoms with Crippen LogP contribution >= 0.6 is 11.9 Å². The summed E-state index contributed by atoms with van der Waals surface area (Å²) in [7, 11) is 1.61. The maximum absolute atomic E-state index is 13.1. The zero-order valence-corrected chi connectivity index (χ0v) is 15.0. The summed E-state index contributed by atoms with van der Waals surface area (Å²) in [6.07, 6.45) is 0. The number of hydrogen-bond donors (Lipinski definition) is 0. The van der Waals surface area contributed by atoms with Crippen molar-refractivity contribution in [3.8, 4) is 5.75 Å². The Morgan fingerprint density at radius 1 is 0.880 bits per heavy atom. The molecule has 0 bridgehead atoms. The number of benzene rings is 3. The number of aryl methyl sites for hydroxylation is 1. The van der Waals surface area contributed by atoms with Crippen LogP contribution in [0.5, 0.6) is 5.75 Å². The number of nitrogens with zero attached hydrogens (tertiary/aromatic N) is 1. The van der Waals surface area contributed by atoms with E-state index < -0.39 is 0 Å². The van der Waals surface area contributed by atoms with Gasteiger partial charge in [0.25, 0.3) is 5.91 Å². The summed E-state index contributed by atoms with van der Waals surface area (Å²) in [5, 5.41) is 0. The van der Waals surface area contributed by atoms with Gasteiger partial charge in [-0.05, 0) is 67.4 Å². The van der Waals surface area contributed by atoms with Crippen LogP contribution in [-0.4, -0.2) is 13.0 Å². The number of amides is 1. The van der Waals surface area contributed by atoms with Crippen LogP contribution in [0.25, 0.3) is 0 Å². The monoisotopic (exact) mass is 349 g/mol. The van der Waals surface area contributed by atoms with Crippen LogP contribution in [0.15, 0.2) is 83.8 Å². The van der Waals surface area contributed by atoms with Gasteiger partial charge in [-0.1, -0.05) is 35.9 Å². The topological polar surface area (TPSA) is 29.5 Å². The Hall–Kier alpha value is -2.72. The Labute approximate surface area is 152 Å². The molecular formula is C21H19NO2S. The molecule has 25 heavy (non-hydrogen) atoms. The van der Waals surface area contributed by atoms with Gasteiger partial charge in [0.1, 0.15) is 5.75 Å². The van der Waals surface area contributed by atoms with Crippen LogP contribution in [0, 0.1) is 6.92 Å². The third kappa shape index (κ3) is 4.22. The number of hydrogen-bond acceptors (Lipinski definition) is 3. The van der Waals surface area contributed by atoms with E-state index in [1.807, 2.05) is 61.5 Å². The molecule has 0 aliphatic carbocycles. The van der Waals surface area contributed by atoms with Crippen molar-refractivity contribution < 1.29 is 9.53 Å². The minimum Gasteiger partial charge on any atom is -0.497 e. The van der Waals surface area contributed by atoms with E-state index >= 15 is 0 Å². The molecule has 0 atom stereocenters. The van der Waals surface area contributed by atoms with Crippen LogP contribution in [0.2, 0.25) is 0 Å². The molecule has 0 aliphatic heterocycles. The van der Waals surface area contributed by atoms with Gasteiger partial charge in [-0.15, -0.1) is 0 Å². The highest BCUT2D eigenvalue weighted by Gasteiger charge is 2.19. The maximum Gasteiger partial charge on any atom is 0.268 e. The Bertz CT molecular complexity index is 830. The molecule has 0 aliphatic rings. The zero-order chi connectivity index (χ0) is 17.6. The molecule has 3 aromatic carbocycles. The van der Waals surface area contributed by atoms with Crippen molar-refractivity contribution >= 4 is 23.5 Å². The lowest BCUT2D eigenvalue weighted by Crippen LogP contribution is -2.23. The predicted octanol–water partition coefficient (Wildman–Crippen LogP) is 5.36. The standard InChI is InChI=1S/C21H19NO2S/c1-16-8-14-20(15-9-16)25-22(18-6-4-3-5-7-18)21(23)17-10-12-19(24-2)13-11-17/h3-15H,1-2H3. The molecular weight excluding hydrogens is 330 g/mol. The van der Waals surface area contributed by atoms with Gasteiger partial charge in [-0.3, -0.25) is 4.79 Å². The second-order valence-electron chi connectivity index (χ2n) is 5.57. The van der Waals surface area contributed by atoms with Gasteiger partial charge >= 0.3 is 0 Å². The van der Waals surface area contributed by atoms with E-state index in [-0.39, 0.29) is 5.91 Å². The molecule has 0 N–H and O–H groups in total. The van der Waals surface area contributed by atoms with Gasteiger partial charge < -0.3 is 4.74 Å². The Morgan fingerprint density at radius 3 is 2.12 bits per heavy atom. The number of methoxy groups -OCH3 is 1. The SMILES string of the molecule is COc1ccc(C(=O)N(Sc2ccc(C)cc2)c2ccccc2)cc1. The number of para-hydroxylation sites is 1. The van der Waals surface area contributed by atoms with Crippen molar-refractivity contribution in [3.05, 3.63) is 90.0 Å². The second-order valence-corrected chi connectivity index (χ2v) is 6.59. The Balaban J connectivity index is 1.92. The van der Waals surface area contributed by atoms with Crippen molar-refractivity contribution in [1.82, 2.24) is 0 Å². The zero-order valence-electron chi connectivity index (χ0n) is 14.2. The second kappa shape index (κ2) is 7.90. The first-order valence-corrected chi connectivity index (χ1v) is 8.73. The van der Waals surface area contributed by atoms with E-state index in [1.54, 1.807) is 35.7 Å². The van der Waals surface area contributed by atoms with Crippen LogP contribution < -0.4 is 9.04 Å². The summed E-state index contributed by atoms with van der Waals surface area (Å²) in [5.41, 5.74) is 2.65. The number of carbonyl (C=O) groups is 1. The fourth-order valence-electron chi connectivity index (χ4n) is 2.33. The van der Waals surface area contributed by atoms with Crippen LogP contribution in [0.1, 0.15) is 15.9 Å². The van der Waals surface area contributed by atoms with Crippen LogP contribution in [0.4, 0.5) is 5.69 Å². The molecule has 1 amide bonds. The molecule has 4 heteroatoms. The maximum atomic E-state index is 13.1. The first-order chi connectivity index (χ1) is 12.2. The minimum atomic E-state index is -0.0700. The molecule has 0 aromatic heterocycles. The minimum absolute atomic E-state index is 0.0700. The van der Waals surface area contributed by atoms with E-state index in [0.717, 1.165) is 16.3 Å².